The van der Waals surface area contributed by atoms with Gasteiger partial charge in [0, 0.05) is 13.1 Å². The lowest BCUT2D eigenvalue weighted by molar-refractivity contribution is 0.126. The molecule has 4 aliphatic rings. The fourth-order valence-corrected chi connectivity index (χ4v) is 7.24. The van der Waals surface area contributed by atoms with Crippen LogP contribution in [0.5, 0.6) is 0 Å². The number of fused-ring (bicyclic) bond motifs is 2. The molecule has 0 aromatic carbocycles. The molecule has 6 nitrogen and oxygen atoms in total. The number of hydrogen-bond acceptors (Lipinski definition) is 4. The molecule has 188 valence electrons. The van der Waals surface area contributed by atoms with Crippen LogP contribution in [0.15, 0.2) is 0 Å². The lowest BCUT2D eigenvalue weighted by Crippen LogP contribution is -2.38. The van der Waals surface area contributed by atoms with Crippen LogP contribution < -0.4 is 10.6 Å². The molecule has 2 bridgehead atoms. The fraction of sp³-hybridized carbons (Fsp3) is 0.926. The van der Waals surface area contributed by atoms with E-state index in [0.29, 0.717) is 44.1 Å². The Morgan fingerprint density at radius 1 is 0.636 bits per heavy atom. The number of amides is 2. The molecule has 4 saturated carbocycles. The van der Waals surface area contributed by atoms with Gasteiger partial charge in [-0.3, -0.25) is 0 Å². The minimum atomic E-state index is -0.259. The van der Waals surface area contributed by atoms with Gasteiger partial charge in [0.1, 0.15) is 0 Å². The molecule has 4 aliphatic carbocycles. The molecule has 2 N–H and O–H groups in total. The van der Waals surface area contributed by atoms with E-state index in [1.54, 1.807) is 0 Å². The summed E-state index contributed by atoms with van der Waals surface area (Å²) < 4.78 is 10.9. The molecule has 0 aliphatic heterocycles. The van der Waals surface area contributed by atoms with Gasteiger partial charge >= 0.3 is 12.2 Å². The third-order valence-corrected chi connectivity index (χ3v) is 9.07. The van der Waals surface area contributed by atoms with Crippen LogP contribution >= 0.6 is 0 Å². The van der Waals surface area contributed by atoms with Crippen molar-refractivity contribution in [3.05, 3.63) is 0 Å². The van der Waals surface area contributed by atoms with Crippen LogP contribution in [-0.2, 0) is 9.47 Å². The Morgan fingerprint density at radius 2 is 1.09 bits per heavy atom. The highest BCUT2D eigenvalue weighted by atomic mass is 16.6. The molecule has 2 amide bonds. The van der Waals surface area contributed by atoms with Crippen LogP contribution in [0.1, 0.15) is 96.3 Å². The molecular weight excluding hydrogens is 416 g/mol. The molecule has 2 atom stereocenters. The Kier molecular flexibility index (Phi) is 9.60. The zero-order valence-corrected chi connectivity index (χ0v) is 20.5. The lowest BCUT2D eigenvalue weighted by Gasteiger charge is -2.29. The van der Waals surface area contributed by atoms with Crippen LogP contribution in [0.3, 0.4) is 0 Å². The van der Waals surface area contributed by atoms with Crippen LogP contribution in [-0.4, -0.2) is 38.5 Å². The fourth-order valence-electron chi connectivity index (χ4n) is 7.24. The number of ether oxygens (including phenoxy) is 2. The second-order valence-electron chi connectivity index (χ2n) is 11.4. The van der Waals surface area contributed by atoms with E-state index in [4.69, 9.17) is 9.47 Å². The molecule has 33 heavy (non-hydrogen) atoms. The third-order valence-electron chi connectivity index (χ3n) is 9.07. The summed E-state index contributed by atoms with van der Waals surface area (Å²) in [6.07, 6.45) is 18.3. The van der Waals surface area contributed by atoms with Crippen LogP contribution in [0.2, 0.25) is 0 Å². The summed E-state index contributed by atoms with van der Waals surface area (Å²) in [6, 6.07) is 0. The maximum absolute atomic E-state index is 12.2. The first-order valence-corrected chi connectivity index (χ1v) is 14.0. The Balaban J connectivity index is 1.07. The summed E-state index contributed by atoms with van der Waals surface area (Å²) >= 11 is 0. The maximum Gasteiger partial charge on any atom is 0.407 e. The Labute approximate surface area is 200 Å². The summed E-state index contributed by atoms with van der Waals surface area (Å²) in [4.78, 5) is 24.3. The van der Waals surface area contributed by atoms with Crippen molar-refractivity contribution in [3.63, 3.8) is 0 Å². The predicted molar refractivity (Wildman–Crippen MR) is 129 cm³/mol. The Hall–Kier alpha value is -1.46. The average molecular weight is 463 g/mol. The second kappa shape index (κ2) is 12.9. The van der Waals surface area contributed by atoms with Gasteiger partial charge < -0.3 is 20.1 Å². The highest BCUT2D eigenvalue weighted by Gasteiger charge is 2.45. The van der Waals surface area contributed by atoms with E-state index in [9.17, 15) is 9.59 Å². The van der Waals surface area contributed by atoms with Gasteiger partial charge in [-0.15, -0.1) is 0 Å². The number of hydrogen-bond donors (Lipinski definition) is 2. The monoisotopic (exact) mass is 462 g/mol. The minimum absolute atomic E-state index is 0.259. The summed E-state index contributed by atoms with van der Waals surface area (Å²) in [5.74, 6) is 3.81. The zero-order valence-electron chi connectivity index (χ0n) is 20.5. The van der Waals surface area contributed by atoms with Crippen LogP contribution in [0, 0.1) is 35.5 Å². The summed E-state index contributed by atoms with van der Waals surface area (Å²) in [5, 5.41) is 6.04. The molecule has 4 rings (SSSR count). The molecule has 0 aromatic heterocycles. The molecule has 2 unspecified atom stereocenters. The van der Waals surface area contributed by atoms with Crippen LogP contribution in [0.4, 0.5) is 9.59 Å². The van der Waals surface area contributed by atoms with Gasteiger partial charge in [-0.2, -0.15) is 0 Å². The molecule has 0 spiro atoms. The average Bonchev–Trinajstić information content (AvgIpc) is 3.43. The normalized spacial score (nSPS) is 30.2. The number of alkyl carbamates (subject to hydrolysis) is 2. The van der Waals surface area contributed by atoms with Gasteiger partial charge in [0.05, 0.1) is 13.2 Å². The first-order chi connectivity index (χ1) is 16.2. The van der Waals surface area contributed by atoms with Crippen molar-refractivity contribution >= 4 is 12.2 Å². The van der Waals surface area contributed by atoms with Gasteiger partial charge in [-0.25, -0.2) is 9.59 Å². The smallest absolute Gasteiger partial charge is 0.407 e. The van der Waals surface area contributed by atoms with Gasteiger partial charge in [-0.05, 0) is 67.6 Å². The molecule has 0 saturated heterocycles. The van der Waals surface area contributed by atoms with E-state index >= 15 is 0 Å². The van der Waals surface area contributed by atoms with Gasteiger partial charge in [0.2, 0.25) is 0 Å². The molecule has 0 aromatic rings. The molecule has 0 heterocycles. The van der Waals surface area contributed by atoms with E-state index in [0.717, 1.165) is 30.6 Å². The number of rotatable bonds is 10. The van der Waals surface area contributed by atoms with E-state index in [2.05, 4.69) is 10.6 Å². The topological polar surface area (TPSA) is 76.7 Å². The van der Waals surface area contributed by atoms with Crippen molar-refractivity contribution in [2.45, 2.75) is 96.3 Å². The number of carbonyl (C=O) groups excluding carboxylic acids is 2. The summed E-state index contributed by atoms with van der Waals surface area (Å²) in [7, 11) is 0. The van der Waals surface area contributed by atoms with E-state index in [1.807, 2.05) is 0 Å². The molecule has 0 radical (unpaired) electrons. The van der Waals surface area contributed by atoms with E-state index in [-0.39, 0.29) is 12.2 Å². The predicted octanol–water partition coefficient (Wildman–Crippen LogP) is 6.04. The van der Waals surface area contributed by atoms with Crippen molar-refractivity contribution in [2.24, 2.45) is 35.5 Å². The second-order valence-corrected chi connectivity index (χ2v) is 11.4. The first kappa shape index (κ1) is 24.7. The summed E-state index contributed by atoms with van der Waals surface area (Å²) in [5.41, 5.74) is 0. The molecular formula is C27H46N2O4. The standard InChI is InChI=1S/C27H46N2O4/c30-26(32-13-11-20-7-3-1-4-8-20)28-18-23-15-22-16-24(25(23)17-22)19-29-27(31)33-14-12-21-9-5-2-6-10-21/h20-25H,1-19H2,(H,28,30)(H,29,31). The van der Waals surface area contributed by atoms with Crippen molar-refractivity contribution in [1.82, 2.24) is 10.6 Å². The third kappa shape index (κ3) is 7.78. The van der Waals surface area contributed by atoms with Crippen molar-refractivity contribution in [3.8, 4) is 0 Å². The largest absolute Gasteiger partial charge is 0.450 e. The zero-order chi connectivity index (χ0) is 22.9. The Bertz CT molecular complexity index is 565. The SMILES string of the molecule is O=C(NCC1CC2CC(CNC(=O)OCCC3CCCCC3)C1C2)OCCC1CCCCC1. The minimum Gasteiger partial charge on any atom is -0.450 e. The summed E-state index contributed by atoms with van der Waals surface area (Å²) in [6.45, 7) is 2.49. The van der Waals surface area contributed by atoms with Crippen LogP contribution in [0.25, 0.3) is 0 Å². The maximum atomic E-state index is 12.2. The molecule has 4 fully saturated rings. The quantitative estimate of drug-likeness (QED) is 0.415. The molecule has 6 heteroatoms. The van der Waals surface area contributed by atoms with Crippen molar-refractivity contribution < 1.29 is 19.1 Å². The Morgan fingerprint density at radius 3 is 1.52 bits per heavy atom. The van der Waals surface area contributed by atoms with Crippen molar-refractivity contribution in [2.75, 3.05) is 26.3 Å². The highest BCUT2D eigenvalue weighted by molar-refractivity contribution is 5.67. The van der Waals surface area contributed by atoms with Gasteiger partial charge in [0.15, 0.2) is 0 Å². The van der Waals surface area contributed by atoms with E-state index < -0.39 is 0 Å². The number of carbonyl (C=O) groups is 2. The first-order valence-electron chi connectivity index (χ1n) is 14.0. The highest BCUT2D eigenvalue weighted by Crippen LogP contribution is 2.51. The van der Waals surface area contributed by atoms with Gasteiger partial charge in [0.25, 0.3) is 0 Å². The van der Waals surface area contributed by atoms with Gasteiger partial charge in [-0.1, -0.05) is 64.2 Å². The number of nitrogens with one attached hydrogen (secondary N) is 2. The van der Waals surface area contributed by atoms with Crippen molar-refractivity contribution in [1.29, 1.82) is 0 Å². The lowest BCUT2D eigenvalue weighted by atomic mass is 9.80. The van der Waals surface area contributed by atoms with E-state index in [1.165, 1.54) is 83.5 Å².